The van der Waals surface area contributed by atoms with Gasteiger partial charge in [-0.2, -0.15) is 5.26 Å². The third-order valence-electron chi connectivity index (χ3n) is 4.31. The van der Waals surface area contributed by atoms with Crippen molar-refractivity contribution in [3.63, 3.8) is 0 Å². The first kappa shape index (κ1) is 21.7. The fraction of sp³-hybridized carbons (Fsp3) is 0.261. The fourth-order valence-corrected chi connectivity index (χ4v) is 2.79. The van der Waals surface area contributed by atoms with Gasteiger partial charge in [-0.05, 0) is 42.0 Å². The van der Waals surface area contributed by atoms with E-state index in [9.17, 15) is 9.59 Å². The molecular formula is C23H21NO7. The first-order valence-corrected chi connectivity index (χ1v) is 9.56. The largest absolute Gasteiger partial charge is 0.493 e. The number of esters is 1. The summed E-state index contributed by atoms with van der Waals surface area (Å²) in [5.41, 5.74) is 1.03. The van der Waals surface area contributed by atoms with Crippen LogP contribution in [0.1, 0.15) is 22.3 Å². The summed E-state index contributed by atoms with van der Waals surface area (Å²) in [6.45, 7) is 0.578. The molecule has 0 saturated heterocycles. The Labute approximate surface area is 179 Å². The first-order chi connectivity index (χ1) is 15.1. The summed E-state index contributed by atoms with van der Waals surface area (Å²) in [4.78, 5) is 24.3. The van der Waals surface area contributed by atoms with Crippen LogP contribution in [0.25, 0.3) is 6.08 Å². The number of hydrogen-bond acceptors (Lipinski definition) is 8. The Morgan fingerprint density at radius 3 is 2.68 bits per heavy atom. The van der Waals surface area contributed by atoms with Crippen LogP contribution in [0.4, 0.5) is 0 Å². The van der Waals surface area contributed by atoms with E-state index in [4.69, 9.17) is 28.9 Å². The van der Waals surface area contributed by atoms with E-state index in [-0.39, 0.29) is 12.4 Å². The van der Waals surface area contributed by atoms with Crippen LogP contribution in [0, 0.1) is 11.3 Å². The smallest absolute Gasteiger partial charge is 0.331 e. The molecule has 0 bridgehead atoms. The molecule has 31 heavy (non-hydrogen) atoms. The molecule has 0 radical (unpaired) electrons. The van der Waals surface area contributed by atoms with Crippen molar-refractivity contribution in [1.82, 2.24) is 0 Å². The van der Waals surface area contributed by atoms with Gasteiger partial charge in [-0.15, -0.1) is 0 Å². The maximum absolute atomic E-state index is 12.4. The Bertz CT molecular complexity index is 1020. The minimum Gasteiger partial charge on any atom is -0.493 e. The van der Waals surface area contributed by atoms with Crippen molar-refractivity contribution in [1.29, 1.82) is 5.26 Å². The molecule has 2 aromatic rings. The summed E-state index contributed by atoms with van der Waals surface area (Å²) in [7, 11) is 1.47. The second-order valence-corrected chi connectivity index (χ2v) is 6.43. The molecule has 0 aromatic heterocycles. The lowest BCUT2D eigenvalue weighted by Crippen LogP contribution is -2.12. The standard InChI is InChI=1S/C23H21NO7/c1-27-21-13-16(3-6-19(21)30-12-9-24)4-8-23(26)31-15-18(25)17-5-7-20-22(14-17)29-11-2-10-28-20/h3-8,13-14H,2,10-12,15H2,1H3/b8-4+. The van der Waals surface area contributed by atoms with Crippen LogP contribution >= 0.6 is 0 Å². The molecule has 0 aliphatic carbocycles. The number of benzene rings is 2. The molecule has 0 amide bonds. The zero-order valence-corrected chi connectivity index (χ0v) is 17.0. The van der Waals surface area contributed by atoms with Crippen molar-refractivity contribution < 1.29 is 33.3 Å². The Morgan fingerprint density at radius 1 is 1.10 bits per heavy atom. The van der Waals surface area contributed by atoms with Crippen LogP contribution in [0.5, 0.6) is 23.0 Å². The maximum atomic E-state index is 12.4. The molecule has 8 nitrogen and oxygen atoms in total. The molecule has 8 heteroatoms. The zero-order chi connectivity index (χ0) is 22.1. The Kier molecular flexibility index (Phi) is 7.49. The molecule has 160 valence electrons. The number of hydrogen-bond donors (Lipinski definition) is 0. The van der Waals surface area contributed by atoms with Gasteiger partial charge in [-0.3, -0.25) is 4.79 Å². The van der Waals surface area contributed by atoms with Crippen molar-refractivity contribution in [3.05, 3.63) is 53.6 Å². The van der Waals surface area contributed by atoms with E-state index in [2.05, 4.69) is 0 Å². The van der Waals surface area contributed by atoms with Crippen LogP contribution in [0.3, 0.4) is 0 Å². The van der Waals surface area contributed by atoms with E-state index >= 15 is 0 Å². The van der Waals surface area contributed by atoms with Crippen LogP contribution in [-0.4, -0.2) is 45.3 Å². The van der Waals surface area contributed by atoms with Crippen molar-refractivity contribution in [2.24, 2.45) is 0 Å². The number of carbonyl (C=O) groups excluding carboxylic acids is 2. The van der Waals surface area contributed by atoms with Gasteiger partial charge in [0.1, 0.15) is 6.07 Å². The monoisotopic (exact) mass is 423 g/mol. The van der Waals surface area contributed by atoms with Crippen molar-refractivity contribution >= 4 is 17.8 Å². The average Bonchev–Trinajstić information content (AvgIpc) is 3.04. The SMILES string of the molecule is COc1cc(/C=C/C(=O)OCC(=O)c2ccc3c(c2)OCCCO3)ccc1OCC#N. The predicted molar refractivity (Wildman–Crippen MR) is 110 cm³/mol. The van der Waals surface area contributed by atoms with E-state index in [1.165, 1.54) is 19.3 Å². The van der Waals surface area contributed by atoms with Gasteiger partial charge in [0.05, 0.1) is 20.3 Å². The molecule has 0 N–H and O–H groups in total. The van der Waals surface area contributed by atoms with E-state index in [0.717, 1.165) is 6.42 Å². The second kappa shape index (κ2) is 10.7. The molecule has 3 rings (SSSR count). The summed E-state index contributed by atoms with van der Waals surface area (Å²) in [5, 5.41) is 8.60. The molecule has 0 atom stereocenters. The van der Waals surface area contributed by atoms with Crippen LogP contribution in [0.2, 0.25) is 0 Å². The summed E-state index contributed by atoms with van der Waals surface area (Å²) in [5.74, 6) is 0.934. The molecule has 1 aliphatic heterocycles. The van der Waals surface area contributed by atoms with E-state index in [1.54, 1.807) is 36.4 Å². The lowest BCUT2D eigenvalue weighted by atomic mass is 10.1. The van der Waals surface area contributed by atoms with Gasteiger partial charge in [0, 0.05) is 18.1 Å². The molecule has 2 aromatic carbocycles. The van der Waals surface area contributed by atoms with Crippen molar-refractivity contribution in [2.75, 3.05) is 33.5 Å². The second-order valence-electron chi connectivity index (χ2n) is 6.43. The molecule has 1 aliphatic rings. The summed E-state index contributed by atoms with van der Waals surface area (Å²) < 4.78 is 26.6. The third-order valence-corrected chi connectivity index (χ3v) is 4.31. The number of carbonyl (C=O) groups is 2. The highest BCUT2D eigenvalue weighted by molar-refractivity contribution is 5.99. The number of nitrogens with zero attached hydrogens (tertiary/aromatic N) is 1. The number of rotatable bonds is 8. The van der Waals surface area contributed by atoms with Crippen LogP contribution in [-0.2, 0) is 9.53 Å². The van der Waals surface area contributed by atoms with Crippen LogP contribution < -0.4 is 18.9 Å². The lowest BCUT2D eigenvalue weighted by Gasteiger charge is -2.09. The minimum absolute atomic E-state index is 0.102. The number of fused-ring (bicyclic) bond motifs is 1. The Hall–Kier alpha value is -3.99. The first-order valence-electron chi connectivity index (χ1n) is 9.56. The molecular weight excluding hydrogens is 402 g/mol. The van der Waals surface area contributed by atoms with Crippen molar-refractivity contribution in [3.8, 4) is 29.1 Å². The lowest BCUT2D eigenvalue weighted by molar-refractivity contribution is -0.136. The van der Waals surface area contributed by atoms with Gasteiger partial charge in [0.2, 0.25) is 0 Å². The predicted octanol–water partition coefficient (Wildman–Crippen LogP) is 3.20. The fourth-order valence-electron chi connectivity index (χ4n) is 2.79. The molecule has 0 saturated carbocycles. The number of ketones is 1. The van der Waals surface area contributed by atoms with Gasteiger partial charge in [-0.1, -0.05) is 6.07 Å². The number of ether oxygens (including phenoxy) is 5. The molecule has 0 fully saturated rings. The van der Waals surface area contributed by atoms with E-state index < -0.39 is 12.6 Å². The Balaban J connectivity index is 1.56. The minimum atomic E-state index is -0.661. The third kappa shape index (κ3) is 6.00. The van der Waals surface area contributed by atoms with Crippen molar-refractivity contribution in [2.45, 2.75) is 6.42 Å². The van der Waals surface area contributed by atoms with Crippen LogP contribution in [0.15, 0.2) is 42.5 Å². The molecule has 1 heterocycles. The van der Waals surface area contributed by atoms with Gasteiger partial charge < -0.3 is 23.7 Å². The highest BCUT2D eigenvalue weighted by Crippen LogP contribution is 2.31. The highest BCUT2D eigenvalue weighted by Gasteiger charge is 2.15. The highest BCUT2D eigenvalue weighted by atomic mass is 16.5. The Morgan fingerprint density at radius 2 is 1.90 bits per heavy atom. The average molecular weight is 423 g/mol. The van der Waals surface area contributed by atoms with Gasteiger partial charge in [-0.25, -0.2) is 4.79 Å². The number of methoxy groups -OCH3 is 1. The molecule has 0 unspecified atom stereocenters. The topological polar surface area (TPSA) is 104 Å². The zero-order valence-electron chi connectivity index (χ0n) is 17.0. The summed E-state index contributed by atoms with van der Waals surface area (Å²) in [6, 6.07) is 11.7. The van der Waals surface area contributed by atoms with E-state index in [1.807, 2.05) is 6.07 Å². The maximum Gasteiger partial charge on any atom is 0.331 e. The quantitative estimate of drug-likeness (QED) is 0.362. The summed E-state index contributed by atoms with van der Waals surface area (Å²) >= 11 is 0. The van der Waals surface area contributed by atoms with Gasteiger partial charge in [0.25, 0.3) is 0 Å². The summed E-state index contributed by atoms with van der Waals surface area (Å²) in [6.07, 6.45) is 3.51. The number of Topliss-reactive ketones (excluding diaryl/α,β-unsaturated/α-hetero) is 1. The van der Waals surface area contributed by atoms with Gasteiger partial charge in [0.15, 0.2) is 42.0 Å². The molecule has 0 spiro atoms. The normalized spacial score (nSPS) is 12.5. The van der Waals surface area contributed by atoms with E-state index in [0.29, 0.717) is 47.3 Å². The number of nitriles is 1. The van der Waals surface area contributed by atoms with Gasteiger partial charge >= 0.3 is 5.97 Å².